The first-order valence-electron chi connectivity index (χ1n) is 12.0. The van der Waals surface area contributed by atoms with Crippen molar-refractivity contribution in [2.45, 2.75) is 18.0 Å². The van der Waals surface area contributed by atoms with Crippen molar-refractivity contribution in [2.75, 3.05) is 6.54 Å². The molecule has 0 aliphatic carbocycles. The molecular formula is C29H24Cl3N3O4S. The Morgan fingerprint density at radius 2 is 1.60 bits per heavy atom. The van der Waals surface area contributed by atoms with Crippen LogP contribution in [0.4, 0.5) is 0 Å². The molecule has 0 bridgehead atoms. The van der Waals surface area contributed by atoms with E-state index in [0.717, 1.165) is 9.87 Å². The third-order valence-corrected chi connectivity index (χ3v) is 8.29. The summed E-state index contributed by atoms with van der Waals surface area (Å²) in [4.78, 5) is 12.8. The molecule has 0 aromatic heterocycles. The van der Waals surface area contributed by atoms with Crippen LogP contribution in [-0.4, -0.2) is 31.4 Å². The van der Waals surface area contributed by atoms with Crippen molar-refractivity contribution in [3.63, 3.8) is 0 Å². The third-order valence-electron chi connectivity index (χ3n) is 5.64. The second kappa shape index (κ2) is 13.8. The summed E-state index contributed by atoms with van der Waals surface area (Å²) < 4.78 is 33.7. The molecule has 4 rings (SSSR count). The molecule has 4 aromatic rings. The number of halogens is 3. The Morgan fingerprint density at radius 3 is 2.33 bits per heavy atom. The second-order valence-electron chi connectivity index (χ2n) is 8.60. The fraction of sp³-hybridized carbons (Fsp3) is 0.103. The van der Waals surface area contributed by atoms with Crippen LogP contribution in [0.25, 0.3) is 0 Å². The van der Waals surface area contributed by atoms with Gasteiger partial charge < -0.3 is 4.74 Å². The van der Waals surface area contributed by atoms with Crippen LogP contribution in [0.15, 0.2) is 107 Å². The highest BCUT2D eigenvalue weighted by molar-refractivity contribution is 7.89. The molecule has 206 valence electrons. The van der Waals surface area contributed by atoms with E-state index in [9.17, 15) is 13.2 Å². The first-order valence-corrected chi connectivity index (χ1v) is 14.6. The summed E-state index contributed by atoms with van der Waals surface area (Å²) in [5.74, 6) is -0.00503. The Labute approximate surface area is 248 Å². The van der Waals surface area contributed by atoms with Crippen molar-refractivity contribution in [3.05, 3.63) is 129 Å². The number of sulfonamides is 1. The monoisotopic (exact) mass is 615 g/mol. The van der Waals surface area contributed by atoms with E-state index in [-0.39, 0.29) is 16.5 Å². The molecule has 0 radical (unpaired) electrons. The number of hydrazone groups is 1. The number of hydrogen-bond donors (Lipinski definition) is 1. The summed E-state index contributed by atoms with van der Waals surface area (Å²) in [6, 6.07) is 27.3. The van der Waals surface area contributed by atoms with Crippen LogP contribution < -0.4 is 10.2 Å². The molecule has 0 fully saturated rings. The van der Waals surface area contributed by atoms with Gasteiger partial charge in [-0.2, -0.15) is 9.41 Å². The fourth-order valence-electron chi connectivity index (χ4n) is 3.62. The van der Waals surface area contributed by atoms with Crippen LogP contribution >= 0.6 is 34.8 Å². The first-order chi connectivity index (χ1) is 19.2. The minimum absolute atomic E-state index is 0.0226. The number of carbonyl (C=O) groups is 1. The van der Waals surface area contributed by atoms with Gasteiger partial charge in [0.2, 0.25) is 10.0 Å². The van der Waals surface area contributed by atoms with E-state index in [4.69, 9.17) is 39.5 Å². The predicted octanol–water partition coefficient (Wildman–Crippen LogP) is 6.57. The van der Waals surface area contributed by atoms with Gasteiger partial charge in [0.15, 0.2) is 0 Å². The Kier molecular flexibility index (Phi) is 10.2. The molecule has 11 heteroatoms. The summed E-state index contributed by atoms with van der Waals surface area (Å²) in [6.07, 6.45) is 1.45. The molecule has 4 aromatic carbocycles. The van der Waals surface area contributed by atoms with Crippen molar-refractivity contribution >= 4 is 56.9 Å². The number of nitrogens with one attached hydrogen (secondary N) is 1. The van der Waals surface area contributed by atoms with Gasteiger partial charge in [-0.25, -0.2) is 13.8 Å². The number of rotatable bonds is 11. The largest absolute Gasteiger partial charge is 0.489 e. The van der Waals surface area contributed by atoms with Crippen LogP contribution in [0.3, 0.4) is 0 Å². The molecule has 0 aliphatic rings. The number of hydrogen-bond acceptors (Lipinski definition) is 5. The van der Waals surface area contributed by atoms with Gasteiger partial charge in [-0.05, 0) is 65.2 Å². The van der Waals surface area contributed by atoms with E-state index < -0.39 is 22.5 Å². The van der Waals surface area contributed by atoms with Gasteiger partial charge >= 0.3 is 0 Å². The quantitative estimate of drug-likeness (QED) is 0.153. The highest BCUT2D eigenvalue weighted by Gasteiger charge is 2.27. The zero-order chi connectivity index (χ0) is 28.5. The summed E-state index contributed by atoms with van der Waals surface area (Å²) in [5, 5.41) is 5.06. The smallest absolute Gasteiger partial charge is 0.255 e. The van der Waals surface area contributed by atoms with Crippen LogP contribution in [-0.2, 0) is 28.0 Å². The van der Waals surface area contributed by atoms with Crippen LogP contribution in [0.1, 0.15) is 16.7 Å². The lowest BCUT2D eigenvalue weighted by Gasteiger charge is -2.22. The minimum Gasteiger partial charge on any atom is -0.489 e. The topological polar surface area (TPSA) is 88.1 Å². The lowest BCUT2D eigenvalue weighted by atomic mass is 10.2. The summed E-state index contributed by atoms with van der Waals surface area (Å²) in [6.45, 7) is -0.270. The lowest BCUT2D eigenvalue weighted by Crippen LogP contribution is -2.39. The van der Waals surface area contributed by atoms with Crippen molar-refractivity contribution in [1.82, 2.24) is 9.73 Å². The molecule has 40 heavy (non-hydrogen) atoms. The zero-order valence-corrected chi connectivity index (χ0v) is 24.1. The van der Waals surface area contributed by atoms with Crippen LogP contribution in [0, 0.1) is 0 Å². The van der Waals surface area contributed by atoms with Gasteiger partial charge in [-0.3, -0.25) is 4.79 Å². The number of nitrogens with zero attached hydrogens (tertiary/aromatic N) is 2. The molecule has 0 aliphatic heterocycles. The van der Waals surface area contributed by atoms with Gasteiger partial charge in [0.05, 0.1) is 17.7 Å². The van der Waals surface area contributed by atoms with Gasteiger partial charge in [0, 0.05) is 21.6 Å². The number of amides is 1. The van der Waals surface area contributed by atoms with Gasteiger partial charge in [0.25, 0.3) is 5.91 Å². The Morgan fingerprint density at radius 1 is 0.875 bits per heavy atom. The minimum atomic E-state index is -4.10. The molecule has 0 unspecified atom stereocenters. The molecular weight excluding hydrogens is 593 g/mol. The standard InChI is InChI=1S/C29H24Cl3N3O4S/c30-24-11-13-27(14-12-24)40(37,38)35(18-23-9-10-25(31)16-28(23)32)19-29(36)34-33-17-22-7-4-8-26(15-22)39-20-21-5-2-1-3-6-21/h1-17H,18-20H2,(H,34,36)/b33-17-. The molecule has 7 nitrogen and oxygen atoms in total. The average molecular weight is 617 g/mol. The van der Waals surface area contributed by atoms with E-state index in [0.29, 0.717) is 33.5 Å². The summed E-state index contributed by atoms with van der Waals surface area (Å²) in [7, 11) is -4.10. The summed E-state index contributed by atoms with van der Waals surface area (Å²) >= 11 is 18.2. The van der Waals surface area contributed by atoms with Gasteiger partial charge in [-0.1, -0.05) is 83.3 Å². The predicted molar refractivity (Wildman–Crippen MR) is 158 cm³/mol. The van der Waals surface area contributed by atoms with E-state index in [2.05, 4.69) is 10.5 Å². The van der Waals surface area contributed by atoms with Crippen molar-refractivity contribution in [3.8, 4) is 5.75 Å². The zero-order valence-electron chi connectivity index (χ0n) is 21.0. The first kappa shape index (κ1) is 29.6. The van der Waals surface area contributed by atoms with E-state index in [1.807, 2.05) is 36.4 Å². The molecule has 0 saturated heterocycles. The lowest BCUT2D eigenvalue weighted by molar-refractivity contribution is -0.121. The van der Waals surface area contributed by atoms with Crippen LogP contribution in [0.2, 0.25) is 15.1 Å². The third kappa shape index (κ3) is 8.30. The maximum atomic E-state index is 13.4. The number of benzene rings is 4. The normalized spacial score (nSPS) is 11.6. The van der Waals surface area contributed by atoms with E-state index in [1.165, 1.54) is 36.5 Å². The Bertz CT molecular complexity index is 1600. The second-order valence-corrected chi connectivity index (χ2v) is 11.8. The van der Waals surface area contributed by atoms with Gasteiger partial charge in [-0.15, -0.1) is 0 Å². The van der Waals surface area contributed by atoms with E-state index in [1.54, 1.807) is 30.3 Å². The molecule has 0 heterocycles. The highest BCUT2D eigenvalue weighted by atomic mass is 35.5. The SMILES string of the molecule is O=C(CN(Cc1ccc(Cl)cc1Cl)S(=O)(=O)c1ccc(Cl)cc1)N/N=C\c1cccc(OCc2ccccc2)c1. The summed E-state index contributed by atoms with van der Waals surface area (Å²) in [5.41, 5.74) is 4.59. The van der Waals surface area contributed by atoms with Crippen molar-refractivity contribution < 1.29 is 17.9 Å². The molecule has 1 N–H and O–H groups in total. The molecule has 0 saturated carbocycles. The maximum Gasteiger partial charge on any atom is 0.255 e. The van der Waals surface area contributed by atoms with Crippen LogP contribution in [0.5, 0.6) is 5.75 Å². The Hall–Kier alpha value is -3.40. The van der Waals surface area contributed by atoms with Crippen molar-refractivity contribution in [2.24, 2.45) is 5.10 Å². The molecule has 0 spiro atoms. The maximum absolute atomic E-state index is 13.4. The average Bonchev–Trinajstić information content (AvgIpc) is 2.94. The van der Waals surface area contributed by atoms with Crippen molar-refractivity contribution in [1.29, 1.82) is 0 Å². The molecule has 1 amide bonds. The Balaban J connectivity index is 1.45. The fourth-order valence-corrected chi connectivity index (χ4v) is 5.59. The number of carbonyl (C=O) groups excluding carboxylic acids is 1. The van der Waals surface area contributed by atoms with Gasteiger partial charge in [0.1, 0.15) is 12.4 Å². The molecule has 0 atom stereocenters. The highest BCUT2D eigenvalue weighted by Crippen LogP contribution is 2.26. The van der Waals surface area contributed by atoms with E-state index >= 15 is 0 Å². The number of ether oxygens (including phenoxy) is 1.